The highest BCUT2D eigenvalue weighted by molar-refractivity contribution is 5.04. The van der Waals surface area contributed by atoms with E-state index in [1.54, 1.807) is 6.07 Å². The van der Waals surface area contributed by atoms with Gasteiger partial charge in [0.2, 0.25) is 5.95 Å². The highest BCUT2D eigenvalue weighted by Gasteiger charge is 1.89. The summed E-state index contributed by atoms with van der Waals surface area (Å²) in [5.74, 6) is -1.51. The Morgan fingerprint density at radius 1 is 0.882 bits per heavy atom. The zero-order valence-electron chi connectivity index (χ0n) is 8.78. The van der Waals surface area contributed by atoms with E-state index in [9.17, 15) is 13.2 Å². The summed E-state index contributed by atoms with van der Waals surface area (Å²) in [6.45, 7) is 0.361. The highest BCUT2D eigenvalue weighted by Crippen LogP contribution is 1.95. The van der Waals surface area contributed by atoms with Gasteiger partial charge in [-0.2, -0.15) is 4.39 Å². The van der Waals surface area contributed by atoms with Crippen molar-refractivity contribution in [2.24, 2.45) is 5.73 Å². The largest absolute Gasteiger partial charge is 0.325 e. The van der Waals surface area contributed by atoms with Crippen LogP contribution in [0, 0.1) is 17.6 Å². The SMILES string of the molecule is Fc1ccc(F)nc1.NCc1ccc(F)cn1. The molecule has 0 aromatic carbocycles. The van der Waals surface area contributed by atoms with Gasteiger partial charge in [-0.25, -0.2) is 13.8 Å². The maximum absolute atomic E-state index is 12.1. The lowest BCUT2D eigenvalue weighted by atomic mass is 10.3. The van der Waals surface area contributed by atoms with Gasteiger partial charge in [-0.1, -0.05) is 0 Å². The topological polar surface area (TPSA) is 51.8 Å². The van der Waals surface area contributed by atoms with Gasteiger partial charge in [-0.3, -0.25) is 4.98 Å². The third kappa shape index (κ3) is 5.07. The summed E-state index contributed by atoms with van der Waals surface area (Å²) >= 11 is 0. The zero-order chi connectivity index (χ0) is 12.7. The number of hydrogen-bond acceptors (Lipinski definition) is 3. The number of pyridine rings is 2. The highest BCUT2D eigenvalue weighted by atomic mass is 19.1. The van der Waals surface area contributed by atoms with Crippen LogP contribution in [0.1, 0.15) is 5.69 Å². The first-order valence-corrected chi connectivity index (χ1v) is 4.69. The van der Waals surface area contributed by atoms with Crippen molar-refractivity contribution >= 4 is 0 Å². The molecule has 17 heavy (non-hydrogen) atoms. The van der Waals surface area contributed by atoms with Gasteiger partial charge >= 0.3 is 0 Å². The summed E-state index contributed by atoms with van der Waals surface area (Å²) in [4.78, 5) is 6.73. The van der Waals surface area contributed by atoms with Crippen LogP contribution in [-0.2, 0) is 6.54 Å². The monoisotopic (exact) mass is 241 g/mol. The fourth-order valence-electron chi connectivity index (χ4n) is 0.885. The predicted octanol–water partition coefficient (Wildman–Crippen LogP) is 2.04. The van der Waals surface area contributed by atoms with Crippen LogP contribution in [0.5, 0.6) is 0 Å². The van der Waals surface area contributed by atoms with E-state index in [2.05, 4.69) is 9.97 Å². The number of nitrogens with zero attached hydrogens (tertiary/aromatic N) is 2. The molecule has 2 aromatic heterocycles. The third-order valence-corrected chi connectivity index (χ3v) is 1.69. The maximum Gasteiger partial charge on any atom is 0.212 e. The normalized spacial score (nSPS) is 9.41. The van der Waals surface area contributed by atoms with Gasteiger partial charge in [-0.05, 0) is 24.3 Å². The molecule has 6 heteroatoms. The second kappa shape index (κ2) is 6.59. The summed E-state index contributed by atoms with van der Waals surface area (Å²) in [5.41, 5.74) is 5.92. The van der Waals surface area contributed by atoms with Crippen LogP contribution >= 0.6 is 0 Å². The Balaban J connectivity index is 0.000000171. The zero-order valence-corrected chi connectivity index (χ0v) is 8.78. The van der Waals surface area contributed by atoms with Crippen molar-refractivity contribution in [3.63, 3.8) is 0 Å². The fourth-order valence-corrected chi connectivity index (χ4v) is 0.885. The summed E-state index contributed by atoms with van der Waals surface area (Å²) in [7, 11) is 0. The van der Waals surface area contributed by atoms with Gasteiger partial charge in [0.15, 0.2) is 0 Å². The molecule has 2 aromatic rings. The van der Waals surface area contributed by atoms with E-state index in [-0.39, 0.29) is 5.82 Å². The molecule has 0 atom stereocenters. The van der Waals surface area contributed by atoms with Gasteiger partial charge in [0.25, 0.3) is 0 Å². The molecule has 0 saturated carbocycles. The van der Waals surface area contributed by atoms with Gasteiger partial charge in [0, 0.05) is 6.54 Å². The molecule has 0 aliphatic rings. The van der Waals surface area contributed by atoms with Crippen molar-refractivity contribution in [3.05, 3.63) is 59.9 Å². The number of hydrogen-bond donors (Lipinski definition) is 1. The van der Waals surface area contributed by atoms with Crippen LogP contribution in [0.25, 0.3) is 0 Å². The van der Waals surface area contributed by atoms with Crippen molar-refractivity contribution in [1.29, 1.82) is 0 Å². The van der Waals surface area contributed by atoms with E-state index in [1.165, 1.54) is 6.07 Å². The molecule has 0 fully saturated rings. The van der Waals surface area contributed by atoms with Gasteiger partial charge < -0.3 is 5.73 Å². The minimum absolute atomic E-state index is 0.327. The Hall–Kier alpha value is -1.95. The van der Waals surface area contributed by atoms with E-state index in [0.29, 0.717) is 12.2 Å². The lowest BCUT2D eigenvalue weighted by Gasteiger charge is -1.91. The lowest BCUT2D eigenvalue weighted by Crippen LogP contribution is -1.98. The number of nitrogens with two attached hydrogens (primary N) is 1. The predicted molar refractivity (Wildman–Crippen MR) is 56.2 cm³/mol. The van der Waals surface area contributed by atoms with Crippen LogP contribution in [-0.4, -0.2) is 9.97 Å². The van der Waals surface area contributed by atoms with Crippen LogP contribution in [0.3, 0.4) is 0 Å². The standard InChI is InChI=1S/C6H7FN2.C5H3F2N/c7-5-1-2-6(3-8)9-4-5;6-4-1-2-5(7)8-3-4/h1-2,4H,3,8H2;1-3H. The first-order chi connectivity index (χ1) is 8.11. The molecule has 2 heterocycles. The van der Waals surface area contributed by atoms with Crippen molar-refractivity contribution in [2.45, 2.75) is 6.54 Å². The first kappa shape index (κ1) is 13.1. The van der Waals surface area contributed by atoms with Gasteiger partial charge in [-0.15, -0.1) is 0 Å². The summed E-state index contributed by atoms with van der Waals surface area (Å²) in [6, 6.07) is 4.89. The van der Waals surface area contributed by atoms with Gasteiger partial charge in [0.05, 0.1) is 18.1 Å². The maximum atomic E-state index is 12.1. The smallest absolute Gasteiger partial charge is 0.212 e. The minimum atomic E-state index is -0.661. The average molecular weight is 241 g/mol. The van der Waals surface area contributed by atoms with Gasteiger partial charge in [0.1, 0.15) is 11.6 Å². The Kier molecular flexibility index (Phi) is 5.09. The third-order valence-electron chi connectivity index (χ3n) is 1.69. The molecule has 0 aliphatic carbocycles. The molecule has 3 nitrogen and oxygen atoms in total. The number of aromatic nitrogens is 2. The summed E-state index contributed by atoms with van der Waals surface area (Å²) in [6.07, 6.45) is 1.98. The average Bonchev–Trinajstić information content (AvgIpc) is 2.35. The Morgan fingerprint density at radius 3 is 1.82 bits per heavy atom. The van der Waals surface area contributed by atoms with Crippen LogP contribution < -0.4 is 5.73 Å². The van der Waals surface area contributed by atoms with Crippen molar-refractivity contribution < 1.29 is 13.2 Å². The van der Waals surface area contributed by atoms with E-state index < -0.39 is 11.8 Å². The molecule has 0 spiro atoms. The second-order valence-electron chi connectivity index (χ2n) is 2.97. The van der Waals surface area contributed by atoms with E-state index in [4.69, 9.17) is 5.73 Å². The fraction of sp³-hybridized carbons (Fsp3) is 0.0909. The second-order valence-corrected chi connectivity index (χ2v) is 2.97. The van der Waals surface area contributed by atoms with E-state index >= 15 is 0 Å². The quantitative estimate of drug-likeness (QED) is 0.777. The molecule has 0 unspecified atom stereocenters. The molecule has 90 valence electrons. The molecule has 2 rings (SSSR count). The molecule has 0 aliphatic heterocycles. The van der Waals surface area contributed by atoms with Crippen LogP contribution in [0.4, 0.5) is 13.2 Å². The van der Waals surface area contributed by atoms with Crippen LogP contribution in [0.15, 0.2) is 36.7 Å². The molecule has 0 radical (unpaired) electrons. The summed E-state index contributed by atoms with van der Waals surface area (Å²) < 4.78 is 35.8. The Bertz CT molecular complexity index is 422. The van der Waals surface area contributed by atoms with Crippen LogP contribution in [0.2, 0.25) is 0 Å². The first-order valence-electron chi connectivity index (χ1n) is 4.69. The molecular formula is C11H10F3N3. The Labute approximate surface area is 96.1 Å². The molecule has 0 bridgehead atoms. The minimum Gasteiger partial charge on any atom is -0.325 e. The number of halogens is 3. The summed E-state index contributed by atoms with van der Waals surface area (Å²) in [5, 5.41) is 0. The lowest BCUT2D eigenvalue weighted by molar-refractivity contribution is 0.560. The van der Waals surface area contributed by atoms with Crippen molar-refractivity contribution in [1.82, 2.24) is 9.97 Å². The van der Waals surface area contributed by atoms with Crippen molar-refractivity contribution in [3.8, 4) is 0 Å². The number of rotatable bonds is 1. The molecule has 0 saturated heterocycles. The Morgan fingerprint density at radius 2 is 1.47 bits per heavy atom. The molecule has 2 N–H and O–H groups in total. The van der Waals surface area contributed by atoms with E-state index in [1.807, 2.05) is 0 Å². The van der Waals surface area contributed by atoms with Crippen molar-refractivity contribution in [2.75, 3.05) is 0 Å². The molecular weight excluding hydrogens is 231 g/mol. The molecule has 0 amide bonds. The van der Waals surface area contributed by atoms with E-state index in [0.717, 1.165) is 24.5 Å².